The average Bonchev–Trinajstić information content (AvgIpc) is 3.01. The van der Waals surface area contributed by atoms with Gasteiger partial charge in [0.2, 0.25) is 5.91 Å². The van der Waals surface area contributed by atoms with Gasteiger partial charge in [-0.2, -0.15) is 0 Å². The summed E-state index contributed by atoms with van der Waals surface area (Å²) in [4.78, 5) is 26.3. The highest BCUT2D eigenvalue weighted by Gasteiger charge is 2.37. The molecule has 1 amide bonds. The molecule has 2 fully saturated rings. The van der Waals surface area contributed by atoms with Gasteiger partial charge >= 0.3 is 5.97 Å². The summed E-state index contributed by atoms with van der Waals surface area (Å²) in [5.74, 6) is -0.652. The molecule has 0 aromatic heterocycles. The van der Waals surface area contributed by atoms with Crippen molar-refractivity contribution < 1.29 is 14.7 Å². The van der Waals surface area contributed by atoms with E-state index < -0.39 is 5.97 Å². The Hall–Kier alpha value is -1.10. The van der Waals surface area contributed by atoms with Crippen molar-refractivity contribution in [3.05, 3.63) is 0 Å². The van der Waals surface area contributed by atoms with Crippen molar-refractivity contribution in [3.63, 3.8) is 0 Å². The van der Waals surface area contributed by atoms with Crippen LogP contribution in [0.1, 0.15) is 32.6 Å². The maximum atomic E-state index is 11.6. The lowest BCUT2D eigenvalue weighted by atomic mass is 10.0. The molecule has 0 aromatic rings. The molecule has 1 heterocycles. The summed E-state index contributed by atoms with van der Waals surface area (Å²) < 4.78 is 0. The average molecular weight is 240 g/mol. The molecule has 1 saturated heterocycles. The van der Waals surface area contributed by atoms with Crippen molar-refractivity contribution in [1.82, 2.24) is 9.80 Å². The number of hydrogen-bond acceptors (Lipinski definition) is 3. The number of carboxylic acid groups (broad SMARTS) is 1. The normalized spacial score (nSPS) is 25.6. The van der Waals surface area contributed by atoms with Crippen LogP contribution in [0.4, 0.5) is 0 Å². The highest BCUT2D eigenvalue weighted by atomic mass is 16.4. The minimum Gasteiger partial charge on any atom is -0.480 e. The van der Waals surface area contributed by atoms with Crippen LogP contribution in [-0.4, -0.2) is 58.5 Å². The number of rotatable bonds is 4. The van der Waals surface area contributed by atoms with E-state index in [0.717, 1.165) is 32.2 Å². The summed E-state index contributed by atoms with van der Waals surface area (Å²) in [6, 6.07) is 0.635. The number of piperidine rings is 1. The van der Waals surface area contributed by atoms with Gasteiger partial charge in [0.15, 0.2) is 0 Å². The first-order chi connectivity index (χ1) is 8.08. The smallest absolute Gasteiger partial charge is 0.317 e. The van der Waals surface area contributed by atoms with Gasteiger partial charge in [-0.3, -0.25) is 14.5 Å². The molecular weight excluding hydrogens is 220 g/mol. The number of nitrogens with zero attached hydrogens (tertiary/aromatic N) is 2. The maximum Gasteiger partial charge on any atom is 0.317 e. The monoisotopic (exact) mass is 240 g/mol. The number of amides is 1. The van der Waals surface area contributed by atoms with Crippen molar-refractivity contribution in [3.8, 4) is 0 Å². The molecule has 5 nitrogen and oxygen atoms in total. The van der Waals surface area contributed by atoms with Crippen LogP contribution in [0.15, 0.2) is 0 Å². The first kappa shape index (κ1) is 12.4. The Morgan fingerprint density at radius 3 is 2.53 bits per heavy atom. The van der Waals surface area contributed by atoms with E-state index in [1.54, 1.807) is 6.92 Å². The summed E-state index contributed by atoms with van der Waals surface area (Å²) in [6.07, 6.45) is 4.20. The van der Waals surface area contributed by atoms with Crippen molar-refractivity contribution in [1.29, 1.82) is 0 Å². The van der Waals surface area contributed by atoms with Gasteiger partial charge in [0.25, 0.3) is 0 Å². The van der Waals surface area contributed by atoms with Gasteiger partial charge in [-0.1, -0.05) is 0 Å². The molecule has 1 saturated carbocycles. The zero-order chi connectivity index (χ0) is 12.4. The molecule has 96 valence electrons. The first-order valence-corrected chi connectivity index (χ1v) is 6.31. The second-order valence-corrected chi connectivity index (χ2v) is 5.08. The highest BCUT2D eigenvalue weighted by molar-refractivity contribution is 5.74. The van der Waals surface area contributed by atoms with Crippen LogP contribution in [0.3, 0.4) is 0 Å². The third-order valence-corrected chi connectivity index (χ3v) is 3.54. The van der Waals surface area contributed by atoms with Crippen LogP contribution >= 0.6 is 0 Å². The van der Waals surface area contributed by atoms with Crippen LogP contribution in [0.2, 0.25) is 0 Å². The number of aliphatic carboxylic acids is 1. The molecule has 1 aliphatic carbocycles. The van der Waals surface area contributed by atoms with Gasteiger partial charge in [-0.15, -0.1) is 0 Å². The van der Waals surface area contributed by atoms with Crippen LogP contribution in [-0.2, 0) is 9.59 Å². The van der Waals surface area contributed by atoms with E-state index in [-0.39, 0.29) is 18.5 Å². The van der Waals surface area contributed by atoms with Crippen LogP contribution in [0.25, 0.3) is 0 Å². The lowest BCUT2D eigenvalue weighted by Crippen LogP contribution is -2.51. The predicted molar refractivity (Wildman–Crippen MR) is 62.6 cm³/mol. The standard InChI is InChI=1S/C12H20N2O3/c1-9(15)14(10-4-5-10)11-3-2-6-13(7-11)8-12(16)17/h10-11H,2-8H2,1H3,(H,16,17)/t11-/m0/s1. The number of carbonyl (C=O) groups excluding carboxylic acids is 1. The Bertz CT molecular complexity index is 315. The van der Waals surface area contributed by atoms with Crippen molar-refractivity contribution in [2.45, 2.75) is 44.7 Å². The third-order valence-electron chi connectivity index (χ3n) is 3.54. The fourth-order valence-corrected chi connectivity index (χ4v) is 2.76. The van der Waals surface area contributed by atoms with Gasteiger partial charge in [0.05, 0.1) is 6.54 Å². The SMILES string of the molecule is CC(=O)N(C1CC1)[C@H]1CCCN(CC(=O)O)C1. The molecule has 2 aliphatic rings. The summed E-state index contributed by atoms with van der Waals surface area (Å²) >= 11 is 0. The van der Waals surface area contributed by atoms with Crippen molar-refractivity contribution in [2.24, 2.45) is 0 Å². The van der Waals surface area contributed by atoms with Crippen LogP contribution in [0, 0.1) is 0 Å². The lowest BCUT2D eigenvalue weighted by Gasteiger charge is -2.38. The second kappa shape index (κ2) is 5.04. The molecule has 17 heavy (non-hydrogen) atoms. The number of carboxylic acids is 1. The van der Waals surface area contributed by atoms with E-state index in [1.807, 2.05) is 9.80 Å². The van der Waals surface area contributed by atoms with E-state index in [2.05, 4.69) is 0 Å². The molecule has 2 rings (SSSR count). The highest BCUT2D eigenvalue weighted by Crippen LogP contribution is 2.31. The Morgan fingerprint density at radius 2 is 2.00 bits per heavy atom. The summed E-state index contributed by atoms with van der Waals surface area (Å²) in [7, 11) is 0. The zero-order valence-electron chi connectivity index (χ0n) is 10.3. The Labute approximate surface area is 101 Å². The topological polar surface area (TPSA) is 60.9 Å². The third kappa shape index (κ3) is 3.19. The Kier molecular flexibility index (Phi) is 3.66. The molecule has 1 N–H and O–H groups in total. The Morgan fingerprint density at radius 1 is 1.29 bits per heavy atom. The Balaban J connectivity index is 1.95. The quantitative estimate of drug-likeness (QED) is 0.779. The lowest BCUT2D eigenvalue weighted by molar-refractivity contribution is -0.139. The summed E-state index contributed by atoms with van der Waals surface area (Å²) in [6.45, 7) is 3.25. The van der Waals surface area contributed by atoms with Gasteiger partial charge in [0, 0.05) is 25.6 Å². The van der Waals surface area contributed by atoms with E-state index in [0.29, 0.717) is 12.6 Å². The van der Waals surface area contributed by atoms with Crippen LogP contribution in [0.5, 0.6) is 0 Å². The fraction of sp³-hybridized carbons (Fsp3) is 0.833. The molecule has 0 bridgehead atoms. The largest absolute Gasteiger partial charge is 0.480 e. The molecule has 0 radical (unpaired) electrons. The predicted octanol–water partition coefficient (Wildman–Crippen LogP) is 0.546. The number of hydrogen-bond donors (Lipinski definition) is 1. The summed E-state index contributed by atoms with van der Waals surface area (Å²) in [5.41, 5.74) is 0. The minimum absolute atomic E-state index is 0.0902. The molecule has 5 heteroatoms. The zero-order valence-corrected chi connectivity index (χ0v) is 10.3. The van der Waals surface area contributed by atoms with Gasteiger partial charge in [0.1, 0.15) is 0 Å². The van der Waals surface area contributed by atoms with Gasteiger partial charge in [-0.25, -0.2) is 0 Å². The number of likely N-dealkylation sites (tertiary alicyclic amines) is 1. The molecule has 0 aromatic carbocycles. The minimum atomic E-state index is -0.786. The second-order valence-electron chi connectivity index (χ2n) is 5.08. The fourth-order valence-electron chi connectivity index (χ4n) is 2.76. The summed E-state index contributed by atoms with van der Waals surface area (Å²) in [5, 5.41) is 8.80. The molecule has 0 spiro atoms. The van der Waals surface area contributed by atoms with Gasteiger partial charge in [-0.05, 0) is 32.2 Å². The van der Waals surface area contributed by atoms with E-state index in [4.69, 9.17) is 5.11 Å². The van der Waals surface area contributed by atoms with E-state index in [1.165, 1.54) is 0 Å². The molecular formula is C12H20N2O3. The van der Waals surface area contributed by atoms with E-state index >= 15 is 0 Å². The van der Waals surface area contributed by atoms with Crippen LogP contribution < -0.4 is 0 Å². The van der Waals surface area contributed by atoms with Crippen molar-refractivity contribution in [2.75, 3.05) is 19.6 Å². The van der Waals surface area contributed by atoms with E-state index in [9.17, 15) is 9.59 Å². The molecule has 1 aliphatic heterocycles. The molecule has 1 atom stereocenters. The maximum absolute atomic E-state index is 11.6. The number of carbonyl (C=O) groups is 2. The molecule has 0 unspecified atom stereocenters. The first-order valence-electron chi connectivity index (χ1n) is 6.31. The van der Waals surface area contributed by atoms with Gasteiger partial charge < -0.3 is 10.0 Å². The van der Waals surface area contributed by atoms with Crippen molar-refractivity contribution >= 4 is 11.9 Å².